The Labute approximate surface area is 80.9 Å². The van der Waals surface area contributed by atoms with Crippen molar-refractivity contribution in [2.75, 3.05) is 6.26 Å². The molecule has 0 radical (unpaired) electrons. The molecule has 1 rings (SSSR count). The lowest BCUT2D eigenvalue weighted by molar-refractivity contribution is 0.422. The Hall–Kier alpha value is -0.515. The Morgan fingerprint density at radius 2 is 2.00 bits per heavy atom. The van der Waals surface area contributed by atoms with Crippen LogP contribution in [0.2, 0.25) is 0 Å². The molecular weight excluding hydrogens is 190 g/mol. The predicted molar refractivity (Wildman–Crippen MR) is 52.7 cm³/mol. The van der Waals surface area contributed by atoms with Crippen LogP contribution in [0.1, 0.15) is 5.56 Å². The van der Waals surface area contributed by atoms with E-state index in [9.17, 15) is 4.39 Å². The SMILES string of the molecule is CSc1cc(C)cc(B(O)O)c1F. The first-order chi connectivity index (χ1) is 6.06. The summed E-state index contributed by atoms with van der Waals surface area (Å²) in [6.45, 7) is 1.78. The molecule has 1 aromatic carbocycles. The number of aryl methyl sites for hydroxylation is 1. The standard InChI is InChI=1S/C8H10BFO2S/c1-5-3-6(9(11)12)8(10)7(4-5)13-2/h3-4,11-12H,1-2H3. The van der Waals surface area contributed by atoms with E-state index in [0.29, 0.717) is 4.90 Å². The van der Waals surface area contributed by atoms with Crippen molar-refractivity contribution < 1.29 is 14.4 Å². The maximum absolute atomic E-state index is 13.4. The smallest absolute Gasteiger partial charge is 0.423 e. The number of halogens is 1. The average molecular weight is 200 g/mol. The van der Waals surface area contributed by atoms with Crippen LogP contribution in [0.3, 0.4) is 0 Å². The van der Waals surface area contributed by atoms with E-state index in [2.05, 4.69) is 0 Å². The molecule has 0 amide bonds. The van der Waals surface area contributed by atoms with Gasteiger partial charge in [0.15, 0.2) is 0 Å². The lowest BCUT2D eigenvalue weighted by Gasteiger charge is -2.07. The van der Waals surface area contributed by atoms with Crippen molar-refractivity contribution in [3.8, 4) is 0 Å². The number of thioether (sulfide) groups is 1. The van der Waals surface area contributed by atoms with Crippen molar-refractivity contribution in [2.24, 2.45) is 0 Å². The third kappa shape index (κ3) is 2.24. The monoisotopic (exact) mass is 200 g/mol. The van der Waals surface area contributed by atoms with E-state index in [4.69, 9.17) is 10.0 Å². The molecule has 0 fully saturated rings. The summed E-state index contributed by atoms with van der Waals surface area (Å²) in [5, 5.41) is 17.7. The van der Waals surface area contributed by atoms with E-state index < -0.39 is 12.9 Å². The molecule has 0 aliphatic rings. The Bertz CT molecular complexity index is 317. The van der Waals surface area contributed by atoms with Crippen molar-refractivity contribution in [3.63, 3.8) is 0 Å². The molecule has 2 N–H and O–H groups in total. The zero-order chi connectivity index (χ0) is 10.0. The summed E-state index contributed by atoms with van der Waals surface area (Å²) in [7, 11) is -1.74. The molecule has 1 aromatic rings. The van der Waals surface area contributed by atoms with Crippen molar-refractivity contribution in [1.29, 1.82) is 0 Å². The Morgan fingerprint density at radius 3 is 2.46 bits per heavy atom. The highest BCUT2D eigenvalue weighted by Crippen LogP contribution is 2.18. The Morgan fingerprint density at radius 1 is 1.38 bits per heavy atom. The van der Waals surface area contributed by atoms with Crippen molar-refractivity contribution >= 4 is 24.3 Å². The minimum Gasteiger partial charge on any atom is -0.423 e. The summed E-state index contributed by atoms with van der Waals surface area (Å²) >= 11 is 1.24. The minimum absolute atomic E-state index is 0.0654. The van der Waals surface area contributed by atoms with Gasteiger partial charge in [0.2, 0.25) is 0 Å². The summed E-state index contributed by atoms with van der Waals surface area (Å²) in [5.74, 6) is -0.548. The molecule has 2 nitrogen and oxygen atoms in total. The quantitative estimate of drug-likeness (QED) is 0.540. The highest BCUT2D eigenvalue weighted by atomic mass is 32.2. The van der Waals surface area contributed by atoms with Gasteiger partial charge >= 0.3 is 7.12 Å². The van der Waals surface area contributed by atoms with Crippen LogP contribution in [-0.2, 0) is 0 Å². The van der Waals surface area contributed by atoms with Crippen LogP contribution in [-0.4, -0.2) is 23.4 Å². The van der Waals surface area contributed by atoms with Crippen LogP contribution >= 0.6 is 11.8 Å². The number of hydrogen-bond donors (Lipinski definition) is 2. The van der Waals surface area contributed by atoms with E-state index in [0.717, 1.165) is 5.56 Å². The van der Waals surface area contributed by atoms with Gasteiger partial charge in [-0.2, -0.15) is 0 Å². The van der Waals surface area contributed by atoms with Crippen LogP contribution in [0, 0.1) is 12.7 Å². The maximum atomic E-state index is 13.4. The number of rotatable bonds is 2. The molecule has 70 valence electrons. The number of benzene rings is 1. The van der Waals surface area contributed by atoms with Gasteiger partial charge in [-0.05, 0) is 19.2 Å². The summed E-state index contributed by atoms with van der Waals surface area (Å²) < 4.78 is 13.4. The molecule has 0 unspecified atom stereocenters. The molecule has 0 aliphatic heterocycles. The Kier molecular flexibility index (Phi) is 3.36. The fourth-order valence-electron chi connectivity index (χ4n) is 1.10. The zero-order valence-corrected chi connectivity index (χ0v) is 8.23. The fraction of sp³-hybridized carbons (Fsp3) is 0.250. The van der Waals surface area contributed by atoms with Gasteiger partial charge in [0.25, 0.3) is 0 Å². The molecule has 0 atom stereocenters. The predicted octanol–water partition coefficient (Wildman–Crippen LogP) is 0.536. The normalized spacial score (nSPS) is 10.2. The van der Waals surface area contributed by atoms with Gasteiger partial charge in [-0.25, -0.2) is 4.39 Å². The van der Waals surface area contributed by atoms with Gasteiger partial charge in [0, 0.05) is 10.4 Å². The average Bonchev–Trinajstić information content (AvgIpc) is 2.08. The third-order valence-corrected chi connectivity index (χ3v) is 2.45. The Balaban J connectivity index is 3.27. The van der Waals surface area contributed by atoms with Gasteiger partial charge in [-0.15, -0.1) is 11.8 Å². The molecule has 0 spiro atoms. The second kappa shape index (κ2) is 4.13. The molecular formula is C8H10BFO2S. The summed E-state index contributed by atoms with van der Waals surface area (Å²) in [6, 6.07) is 3.10. The molecule has 0 aliphatic carbocycles. The highest BCUT2D eigenvalue weighted by molar-refractivity contribution is 7.98. The lowest BCUT2D eigenvalue weighted by atomic mass is 9.79. The molecule has 0 aromatic heterocycles. The molecule has 13 heavy (non-hydrogen) atoms. The van der Waals surface area contributed by atoms with E-state index >= 15 is 0 Å². The van der Waals surface area contributed by atoms with Gasteiger partial charge in [-0.3, -0.25) is 0 Å². The largest absolute Gasteiger partial charge is 0.491 e. The summed E-state index contributed by atoms with van der Waals surface area (Å²) in [6.07, 6.45) is 1.74. The van der Waals surface area contributed by atoms with E-state index in [1.54, 1.807) is 19.2 Å². The van der Waals surface area contributed by atoms with E-state index in [-0.39, 0.29) is 5.46 Å². The van der Waals surface area contributed by atoms with Gasteiger partial charge in [0.05, 0.1) is 0 Å². The molecule has 0 bridgehead atoms. The van der Waals surface area contributed by atoms with Crippen LogP contribution < -0.4 is 5.46 Å². The molecule has 5 heteroatoms. The second-order valence-electron chi connectivity index (χ2n) is 2.74. The van der Waals surface area contributed by atoms with Crippen LogP contribution in [0.4, 0.5) is 4.39 Å². The molecule has 0 heterocycles. The summed E-state index contributed by atoms with van der Waals surface area (Å²) in [4.78, 5) is 0.433. The maximum Gasteiger partial charge on any atom is 0.491 e. The summed E-state index contributed by atoms with van der Waals surface area (Å²) in [5.41, 5.74) is 0.748. The van der Waals surface area contributed by atoms with Gasteiger partial charge in [-0.1, -0.05) is 11.6 Å². The van der Waals surface area contributed by atoms with Crippen molar-refractivity contribution in [1.82, 2.24) is 0 Å². The topological polar surface area (TPSA) is 40.5 Å². The zero-order valence-electron chi connectivity index (χ0n) is 7.41. The molecule has 0 saturated heterocycles. The van der Waals surface area contributed by atoms with Crippen LogP contribution in [0.15, 0.2) is 17.0 Å². The highest BCUT2D eigenvalue weighted by Gasteiger charge is 2.19. The second-order valence-corrected chi connectivity index (χ2v) is 3.59. The van der Waals surface area contributed by atoms with E-state index in [1.807, 2.05) is 0 Å². The first-order valence-corrected chi connectivity index (χ1v) is 4.99. The lowest BCUT2D eigenvalue weighted by Crippen LogP contribution is -2.33. The third-order valence-electron chi connectivity index (χ3n) is 1.71. The van der Waals surface area contributed by atoms with Crippen molar-refractivity contribution in [3.05, 3.63) is 23.5 Å². The van der Waals surface area contributed by atoms with Gasteiger partial charge in [0.1, 0.15) is 5.82 Å². The first-order valence-electron chi connectivity index (χ1n) is 3.76. The minimum atomic E-state index is -1.74. The van der Waals surface area contributed by atoms with Gasteiger partial charge < -0.3 is 10.0 Å². The number of hydrogen-bond acceptors (Lipinski definition) is 3. The molecule has 0 saturated carbocycles. The van der Waals surface area contributed by atoms with Crippen LogP contribution in [0.25, 0.3) is 0 Å². The van der Waals surface area contributed by atoms with Crippen molar-refractivity contribution in [2.45, 2.75) is 11.8 Å². The van der Waals surface area contributed by atoms with Crippen LogP contribution in [0.5, 0.6) is 0 Å². The first kappa shape index (κ1) is 10.6. The fourth-order valence-corrected chi connectivity index (χ4v) is 1.70. The van der Waals surface area contributed by atoms with E-state index in [1.165, 1.54) is 17.8 Å².